The second-order valence-electron chi connectivity index (χ2n) is 2.87. The van der Waals surface area contributed by atoms with Gasteiger partial charge >= 0.3 is 57.4 Å². The number of carbonyl (C=O) groups is 1. The summed E-state index contributed by atoms with van der Waals surface area (Å²) in [6, 6.07) is 6.99. The third-order valence-electron chi connectivity index (χ3n) is 1.93. The molecule has 0 saturated carbocycles. The Hall–Kier alpha value is 0.576. The van der Waals surface area contributed by atoms with Crippen LogP contribution in [0.25, 0.3) is 0 Å². The van der Waals surface area contributed by atoms with E-state index >= 15 is 0 Å². The van der Waals surface area contributed by atoms with Crippen LogP contribution in [0.3, 0.4) is 0 Å². The molecule has 0 spiro atoms. The summed E-state index contributed by atoms with van der Waals surface area (Å²) in [4.78, 5) is 10.5. The SMILES string of the molecule is O=C(O)C1OC1c1ccc(Cl)cc1.[KH]. The van der Waals surface area contributed by atoms with Gasteiger partial charge in [0.1, 0.15) is 6.10 Å². The molecule has 14 heavy (non-hydrogen) atoms. The summed E-state index contributed by atoms with van der Waals surface area (Å²) in [6.45, 7) is 0. The fourth-order valence-corrected chi connectivity index (χ4v) is 1.33. The van der Waals surface area contributed by atoms with Gasteiger partial charge in [0, 0.05) is 5.02 Å². The van der Waals surface area contributed by atoms with Gasteiger partial charge in [-0.15, -0.1) is 0 Å². The molecule has 0 bridgehead atoms. The molecule has 1 N–H and O–H groups in total. The Morgan fingerprint density at radius 3 is 2.36 bits per heavy atom. The van der Waals surface area contributed by atoms with Crippen molar-refractivity contribution in [2.24, 2.45) is 0 Å². The number of ether oxygens (including phenoxy) is 1. The number of benzene rings is 1. The van der Waals surface area contributed by atoms with Crippen molar-refractivity contribution in [1.82, 2.24) is 0 Å². The van der Waals surface area contributed by atoms with E-state index in [1.54, 1.807) is 24.3 Å². The van der Waals surface area contributed by atoms with Gasteiger partial charge in [0.25, 0.3) is 0 Å². The van der Waals surface area contributed by atoms with Gasteiger partial charge < -0.3 is 9.84 Å². The normalized spacial score (nSPS) is 23.8. The molecular weight excluding hydrogens is 231 g/mol. The summed E-state index contributed by atoms with van der Waals surface area (Å²) in [5, 5.41) is 9.22. The molecule has 1 heterocycles. The Morgan fingerprint density at radius 2 is 1.93 bits per heavy atom. The molecule has 2 atom stereocenters. The molecule has 0 aliphatic carbocycles. The standard InChI is InChI=1S/C9H7ClO3.K.H/c10-6-3-1-5(2-4-6)7-8(13-7)9(11)12;;/h1-4,7-8H,(H,11,12);;. The number of hydrogen-bond donors (Lipinski definition) is 1. The van der Waals surface area contributed by atoms with Gasteiger partial charge in [-0.25, -0.2) is 4.79 Å². The van der Waals surface area contributed by atoms with Gasteiger partial charge in [0.05, 0.1) is 0 Å². The van der Waals surface area contributed by atoms with Gasteiger partial charge in [-0.05, 0) is 17.7 Å². The molecule has 0 amide bonds. The Balaban J connectivity index is 0.000000980. The Morgan fingerprint density at radius 1 is 1.36 bits per heavy atom. The molecule has 1 saturated heterocycles. The van der Waals surface area contributed by atoms with Gasteiger partial charge in [0.15, 0.2) is 6.10 Å². The zero-order valence-electron chi connectivity index (χ0n) is 6.61. The van der Waals surface area contributed by atoms with Crippen LogP contribution in [-0.4, -0.2) is 68.6 Å². The van der Waals surface area contributed by atoms with E-state index in [4.69, 9.17) is 21.4 Å². The van der Waals surface area contributed by atoms with Crippen molar-refractivity contribution in [2.45, 2.75) is 12.2 Å². The summed E-state index contributed by atoms with van der Waals surface area (Å²) in [5.74, 6) is -0.917. The van der Waals surface area contributed by atoms with E-state index in [-0.39, 0.29) is 57.5 Å². The predicted octanol–water partition coefficient (Wildman–Crippen LogP) is 1.22. The molecule has 1 aromatic rings. The number of carboxylic acids is 1. The topological polar surface area (TPSA) is 49.8 Å². The number of halogens is 1. The summed E-state index contributed by atoms with van der Waals surface area (Å²) < 4.78 is 4.96. The van der Waals surface area contributed by atoms with E-state index in [1.165, 1.54) is 0 Å². The Bertz CT molecular complexity index is 338. The molecule has 1 aliphatic rings. The van der Waals surface area contributed by atoms with Gasteiger partial charge in [-0.3, -0.25) is 0 Å². The summed E-state index contributed by atoms with van der Waals surface area (Å²) in [7, 11) is 0. The predicted molar refractivity (Wildman–Crippen MR) is 53.9 cm³/mol. The number of aliphatic carboxylic acids is 1. The maximum atomic E-state index is 10.5. The van der Waals surface area contributed by atoms with Gasteiger partial charge in [-0.2, -0.15) is 0 Å². The van der Waals surface area contributed by atoms with E-state index in [0.29, 0.717) is 5.02 Å². The molecular formula is C9H8ClKO3. The first kappa shape index (κ1) is 12.6. The van der Waals surface area contributed by atoms with Crippen molar-refractivity contribution in [2.75, 3.05) is 0 Å². The first-order valence-corrected chi connectivity index (χ1v) is 4.20. The molecule has 3 nitrogen and oxygen atoms in total. The van der Waals surface area contributed by atoms with E-state index in [0.717, 1.165) is 5.56 Å². The fraction of sp³-hybridized carbons (Fsp3) is 0.222. The van der Waals surface area contributed by atoms with E-state index in [9.17, 15) is 4.79 Å². The van der Waals surface area contributed by atoms with Gasteiger partial charge in [0.2, 0.25) is 0 Å². The third-order valence-corrected chi connectivity index (χ3v) is 2.19. The molecule has 70 valence electrons. The number of carboxylic acid groups (broad SMARTS) is 1. The molecule has 1 aliphatic heterocycles. The van der Waals surface area contributed by atoms with Crippen LogP contribution in [0.15, 0.2) is 24.3 Å². The number of hydrogen-bond acceptors (Lipinski definition) is 2. The van der Waals surface area contributed by atoms with Crippen molar-refractivity contribution in [1.29, 1.82) is 0 Å². The Labute approximate surface area is 129 Å². The van der Waals surface area contributed by atoms with Crippen LogP contribution >= 0.6 is 11.6 Å². The van der Waals surface area contributed by atoms with Crippen LogP contribution in [0.1, 0.15) is 11.7 Å². The van der Waals surface area contributed by atoms with Crippen LogP contribution in [-0.2, 0) is 9.53 Å². The van der Waals surface area contributed by atoms with Crippen LogP contribution in [0, 0.1) is 0 Å². The van der Waals surface area contributed by atoms with Crippen LogP contribution < -0.4 is 0 Å². The van der Waals surface area contributed by atoms with Gasteiger partial charge in [-0.1, -0.05) is 23.7 Å². The minimum absolute atomic E-state index is 0. The Kier molecular flexibility index (Phi) is 4.58. The average Bonchev–Trinajstić information content (AvgIpc) is 2.85. The number of epoxide rings is 1. The first-order chi connectivity index (χ1) is 6.18. The van der Waals surface area contributed by atoms with Crippen molar-refractivity contribution < 1.29 is 14.6 Å². The van der Waals surface area contributed by atoms with E-state index in [2.05, 4.69) is 0 Å². The van der Waals surface area contributed by atoms with Crippen LogP contribution in [0.5, 0.6) is 0 Å². The van der Waals surface area contributed by atoms with Crippen LogP contribution in [0.4, 0.5) is 0 Å². The monoisotopic (exact) mass is 238 g/mol. The third kappa shape index (κ3) is 2.79. The van der Waals surface area contributed by atoms with E-state index < -0.39 is 12.1 Å². The second kappa shape index (κ2) is 5.07. The molecule has 2 rings (SSSR count). The zero-order valence-corrected chi connectivity index (χ0v) is 7.36. The average molecular weight is 239 g/mol. The first-order valence-electron chi connectivity index (χ1n) is 3.82. The summed E-state index contributed by atoms with van der Waals surface area (Å²) >= 11 is 5.68. The molecule has 1 fully saturated rings. The minimum atomic E-state index is -0.917. The number of rotatable bonds is 2. The zero-order chi connectivity index (χ0) is 9.42. The van der Waals surface area contributed by atoms with Crippen molar-refractivity contribution in [3.8, 4) is 0 Å². The maximum absolute atomic E-state index is 10.5. The molecule has 5 heteroatoms. The molecule has 0 radical (unpaired) electrons. The summed E-state index contributed by atoms with van der Waals surface area (Å²) in [5.41, 5.74) is 0.858. The molecule has 1 aromatic carbocycles. The van der Waals surface area contributed by atoms with E-state index in [1.807, 2.05) is 0 Å². The van der Waals surface area contributed by atoms with Crippen LogP contribution in [0.2, 0.25) is 5.02 Å². The fourth-order valence-electron chi connectivity index (χ4n) is 1.21. The second-order valence-corrected chi connectivity index (χ2v) is 3.30. The van der Waals surface area contributed by atoms with Crippen molar-refractivity contribution in [3.63, 3.8) is 0 Å². The quantitative estimate of drug-likeness (QED) is 0.623. The molecule has 0 aromatic heterocycles. The van der Waals surface area contributed by atoms with Crippen molar-refractivity contribution in [3.05, 3.63) is 34.9 Å². The molecule has 2 unspecified atom stereocenters. The van der Waals surface area contributed by atoms with Crippen molar-refractivity contribution >= 4 is 69.0 Å². The summed E-state index contributed by atoms with van der Waals surface area (Å²) in [6.07, 6.45) is -0.976.